The minimum atomic E-state index is -0.485. The van der Waals surface area contributed by atoms with Crippen LogP contribution in [-0.4, -0.2) is 25.5 Å². The monoisotopic (exact) mass is 355 g/mol. The van der Waals surface area contributed by atoms with Gasteiger partial charge in [-0.15, -0.1) is 0 Å². The van der Waals surface area contributed by atoms with E-state index in [1.807, 2.05) is 45.0 Å². The summed E-state index contributed by atoms with van der Waals surface area (Å²) in [5.41, 5.74) is 1.61. The first-order valence-corrected chi connectivity index (χ1v) is 8.37. The van der Waals surface area contributed by atoms with E-state index in [1.54, 1.807) is 31.4 Å². The zero-order valence-corrected chi connectivity index (χ0v) is 15.6. The van der Waals surface area contributed by atoms with Gasteiger partial charge < -0.3 is 20.7 Å². The molecule has 0 aromatic heterocycles. The third-order valence-electron chi connectivity index (χ3n) is 3.63. The zero-order chi connectivity index (χ0) is 19.2. The molecule has 0 fully saturated rings. The molecule has 0 radical (unpaired) electrons. The van der Waals surface area contributed by atoms with Crippen LogP contribution in [0.3, 0.4) is 0 Å². The summed E-state index contributed by atoms with van der Waals surface area (Å²) in [6.45, 7) is 5.67. The molecule has 0 saturated heterocycles. The number of methoxy groups -OCH3 is 1. The van der Waals surface area contributed by atoms with E-state index in [2.05, 4.69) is 16.0 Å². The first-order chi connectivity index (χ1) is 12.3. The largest absolute Gasteiger partial charge is 0.497 e. The molecule has 0 aliphatic carbocycles. The number of ether oxygens (including phenoxy) is 1. The third-order valence-corrected chi connectivity index (χ3v) is 3.63. The Morgan fingerprint density at radius 3 is 2.12 bits per heavy atom. The lowest BCUT2D eigenvalue weighted by molar-refractivity contribution is -0.123. The van der Waals surface area contributed by atoms with Crippen molar-refractivity contribution in [3.63, 3.8) is 0 Å². The molecule has 6 nitrogen and oxygen atoms in total. The van der Waals surface area contributed by atoms with Crippen LogP contribution < -0.4 is 20.7 Å². The van der Waals surface area contributed by atoms with Gasteiger partial charge in [0.15, 0.2) is 0 Å². The maximum Gasteiger partial charge on any atom is 0.243 e. The van der Waals surface area contributed by atoms with Crippen molar-refractivity contribution in [2.45, 2.75) is 20.8 Å². The van der Waals surface area contributed by atoms with Gasteiger partial charge >= 0.3 is 0 Å². The summed E-state index contributed by atoms with van der Waals surface area (Å²) in [7, 11) is 1.61. The number of carbonyl (C=O) groups excluding carboxylic acids is 2. The minimum Gasteiger partial charge on any atom is -0.497 e. The molecule has 6 heteroatoms. The number of hydrogen-bond acceptors (Lipinski definition) is 4. The van der Waals surface area contributed by atoms with E-state index in [4.69, 9.17) is 4.74 Å². The number of nitrogens with one attached hydrogen (secondary N) is 3. The molecule has 0 heterocycles. The summed E-state index contributed by atoms with van der Waals surface area (Å²) in [6, 6.07) is 14.4. The molecule has 2 rings (SSSR count). The lowest BCUT2D eigenvalue weighted by Gasteiger charge is -2.18. The molecule has 26 heavy (non-hydrogen) atoms. The van der Waals surface area contributed by atoms with E-state index in [9.17, 15) is 9.59 Å². The average molecular weight is 355 g/mol. The van der Waals surface area contributed by atoms with Crippen molar-refractivity contribution in [2.24, 2.45) is 5.41 Å². The number of anilines is 3. The standard InChI is InChI=1S/C20H25N3O3/c1-20(2,3)19(25)23-16-7-5-6-15(12-16)22-18(24)13-21-14-8-10-17(26-4)11-9-14/h5-12,21H,13H2,1-4H3,(H,22,24)(H,23,25). The Hall–Kier alpha value is -3.02. The summed E-state index contributed by atoms with van der Waals surface area (Å²) in [6.07, 6.45) is 0. The summed E-state index contributed by atoms with van der Waals surface area (Å²) in [5, 5.41) is 8.70. The molecule has 0 aliphatic rings. The zero-order valence-electron chi connectivity index (χ0n) is 15.6. The van der Waals surface area contributed by atoms with Crippen molar-refractivity contribution >= 4 is 28.9 Å². The molecule has 138 valence electrons. The predicted octanol–water partition coefficient (Wildman–Crippen LogP) is 3.73. The fourth-order valence-electron chi connectivity index (χ4n) is 2.09. The van der Waals surface area contributed by atoms with Crippen LogP contribution in [-0.2, 0) is 9.59 Å². The van der Waals surface area contributed by atoms with Gasteiger partial charge in [0, 0.05) is 22.5 Å². The smallest absolute Gasteiger partial charge is 0.243 e. The van der Waals surface area contributed by atoms with Crippen molar-refractivity contribution in [3.05, 3.63) is 48.5 Å². The van der Waals surface area contributed by atoms with E-state index in [0.29, 0.717) is 11.4 Å². The molecule has 2 aromatic rings. The van der Waals surface area contributed by atoms with Gasteiger partial charge in [0.25, 0.3) is 0 Å². The summed E-state index contributed by atoms with van der Waals surface area (Å²) < 4.78 is 5.10. The number of amides is 2. The Labute approximate surface area is 153 Å². The van der Waals surface area contributed by atoms with Crippen molar-refractivity contribution in [2.75, 3.05) is 29.6 Å². The Balaban J connectivity index is 1.90. The first-order valence-electron chi connectivity index (χ1n) is 8.37. The first kappa shape index (κ1) is 19.3. The third kappa shape index (κ3) is 5.81. The van der Waals surface area contributed by atoms with Gasteiger partial charge in [-0.05, 0) is 42.5 Å². The van der Waals surface area contributed by atoms with Crippen LogP contribution in [0.1, 0.15) is 20.8 Å². The quantitative estimate of drug-likeness (QED) is 0.738. The second kappa shape index (κ2) is 8.38. The van der Waals surface area contributed by atoms with Crippen LogP contribution in [0.15, 0.2) is 48.5 Å². The number of hydrogen-bond donors (Lipinski definition) is 3. The Bertz CT molecular complexity index is 765. The van der Waals surface area contributed by atoms with Crippen LogP contribution in [0.2, 0.25) is 0 Å². The lowest BCUT2D eigenvalue weighted by atomic mass is 9.95. The van der Waals surface area contributed by atoms with Crippen molar-refractivity contribution in [1.82, 2.24) is 0 Å². The van der Waals surface area contributed by atoms with Gasteiger partial charge in [-0.25, -0.2) is 0 Å². The van der Waals surface area contributed by atoms with E-state index in [1.165, 1.54) is 0 Å². The maximum atomic E-state index is 12.1. The highest BCUT2D eigenvalue weighted by molar-refractivity contribution is 5.97. The molecule has 0 spiro atoms. The molecule has 0 bridgehead atoms. The number of rotatable bonds is 6. The van der Waals surface area contributed by atoms with Crippen LogP contribution in [0.5, 0.6) is 5.75 Å². The van der Waals surface area contributed by atoms with Gasteiger partial charge in [-0.2, -0.15) is 0 Å². The fraction of sp³-hybridized carbons (Fsp3) is 0.300. The molecular weight excluding hydrogens is 330 g/mol. The second-order valence-corrected chi connectivity index (χ2v) is 6.92. The van der Waals surface area contributed by atoms with E-state index < -0.39 is 5.41 Å². The summed E-state index contributed by atoms with van der Waals surface area (Å²) in [4.78, 5) is 24.2. The fourth-order valence-corrected chi connectivity index (χ4v) is 2.09. The molecular formula is C20H25N3O3. The molecule has 3 N–H and O–H groups in total. The van der Waals surface area contributed by atoms with Crippen LogP contribution >= 0.6 is 0 Å². The van der Waals surface area contributed by atoms with Crippen molar-refractivity contribution in [3.8, 4) is 5.75 Å². The minimum absolute atomic E-state index is 0.0813. The lowest BCUT2D eigenvalue weighted by Crippen LogP contribution is -2.27. The topological polar surface area (TPSA) is 79.5 Å². The Morgan fingerprint density at radius 2 is 1.54 bits per heavy atom. The van der Waals surface area contributed by atoms with Crippen molar-refractivity contribution in [1.29, 1.82) is 0 Å². The second-order valence-electron chi connectivity index (χ2n) is 6.92. The van der Waals surface area contributed by atoms with Gasteiger partial charge in [-0.1, -0.05) is 26.8 Å². The van der Waals surface area contributed by atoms with E-state index in [-0.39, 0.29) is 18.4 Å². The highest BCUT2D eigenvalue weighted by Crippen LogP contribution is 2.20. The van der Waals surface area contributed by atoms with Gasteiger partial charge in [-0.3, -0.25) is 9.59 Å². The van der Waals surface area contributed by atoms with Gasteiger partial charge in [0.05, 0.1) is 13.7 Å². The van der Waals surface area contributed by atoms with Crippen molar-refractivity contribution < 1.29 is 14.3 Å². The summed E-state index contributed by atoms with van der Waals surface area (Å²) in [5.74, 6) is 0.497. The summed E-state index contributed by atoms with van der Waals surface area (Å²) >= 11 is 0. The number of carbonyl (C=O) groups is 2. The SMILES string of the molecule is COc1ccc(NCC(=O)Nc2cccc(NC(=O)C(C)(C)C)c2)cc1. The molecule has 2 aromatic carbocycles. The molecule has 0 unspecified atom stereocenters. The van der Waals surface area contributed by atoms with Gasteiger partial charge in [0.1, 0.15) is 5.75 Å². The Kier molecular flexibility index (Phi) is 6.22. The Morgan fingerprint density at radius 1 is 0.923 bits per heavy atom. The molecule has 2 amide bonds. The van der Waals surface area contributed by atoms with E-state index >= 15 is 0 Å². The van der Waals surface area contributed by atoms with Crippen LogP contribution in [0, 0.1) is 5.41 Å². The molecule has 0 atom stereocenters. The van der Waals surface area contributed by atoms with E-state index in [0.717, 1.165) is 11.4 Å². The molecule has 0 saturated carbocycles. The highest BCUT2D eigenvalue weighted by atomic mass is 16.5. The normalized spacial score (nSPS) is 10.8. The van der Waals surface area contributed by atoms with Crippen LogP contribution in [0.25, 0.3) is 0 Å². The maximum absolute atomic E-state index is 12.1. The van der Waals surface area contributed by atoms with Gasteiger partial charge in [0.2, 0.25) is 11.8 Å². The molecule has 0 aliphatic heterocycles. The average Bonchev–Trinajstić information content (AvgIpc) is 2.60. The van der Waals surface area contributed by atoms with Crippen LogP contribution in [0.4, 0.5) is 17.1 Å². The highest BCUT2D eigenvalue weighted by Gasteiger charge is 2.21. The number of benzene rings is 2. The predicted molar refractivity (Wildman–Crippen MR) is 105 cm³/mol.